The maximum Gasteiger partial charge on any atom is 0.209 e. The second kappa shape index (κ2) is 4.99. The average Bonchev–Trinajstić information content (AvgIpc) is 2.40. The highest BCUT2D eigenvalue weighted by molar-refractivity contribution is 5.47. The monoisotopic (exact) mass is 257 g/mol. The lowest BCUT2D eigenvalue weighted by atomic mass is 9.56. The maximum absolute atomic E-state index is 10.7. The van der Waals surface area contributed by atoms with Gasteiger partial charge in [-0.1, -0.05) is 29.8 Å². The summed E-state index contributed by atoms with van der Waals surface area (Å²) in [5, 5.41) is 0. The molecular formula is C17H23NO. The minimum absolute atomic E-state index is 0.578. The lowest BCUT2D eigenvalue weighted by Crippen LogP contribution is -2.47. The van der Waals surface area contributed by atoms with Crippen molar-refractivity contribution in [3.05, 3.63) is 35.4 Å². The summed E-state index contributed by atoms with van der Waals surface area (Å²) in [5.74, 6) is 0.866. The number of rotatable bonds is 3. The van der Waals surface area contributed by atoms with Crippen LogP contribution in [0.15, 0.2) is 24.3 Å². The van der Waals surface area contributed by atoms with Crippen LogP contribution in [0.2, 0.25) is 0 Å². The first kappa shape index (κ1) is 12.7. The normalized spacial score (nSPS) is 22.3. The molecule has 1 aliphatic carbocycles. The van der Waals surface area contributed by atoms with E-state index in [-0.39, 0.29) is 0 Å². The van der Waals surface area contributed by atoms with E-state index in [1.807, 2.05) is 4.90 Å². The molecule has 1 heterocycles. The van der Waals surface area contributed by atoms with Crippen LogP contribution in [0.5, 0.6) is 0 Å². The molecule has 2 aliphatic rings. The second-order valence-electron chi connectivity index (χ2n) is 6.61. The third-order valence-corrected chi connectivity index (χ3v) is 5.10. The van der Waals surface area contributed by atoms with Gasteiger partial charge in [0.2, 0.25) is 6.41 Å². The molecule has 1 saturated carbocycles. The summed E-state index contributed by atoms with van der Waals surface area (Å²) in [4.78, 5) is 12.7. The van der Waals surface area contributed by atoms with Crippen LogP contribution in [-0.2, 0) is 11.2 Å². The summed E-state index contributed by atoms with van der Waals surface area (Å²) in [6, 6.07) is 8.98. The standard InChI is InChI=1S/C17H23NO/c1-14-2-4-15(5-3-14)10-16-11-17(12-16)6-8-18(13-19)9-7-17/h2-5,13,16H,6-12H2,1H3. The van der Waals surface area contributed by atoms with Crippen molar-refractivity contribution in [2.24, 2.45) is 11.3 Å². The fourth-order valence-electron chi connectivity index (χ4n) is 3.88. The number of hydrogen-bond acceptors (Lipinski definition) is 1. The molecule has 1 amide bonds. The molecule has 0 unspecified atom stereocenters. The number of aryl methyl sites for hydroxylation is 1. The molecule has 1 aromatic carbocycles. The first-order valence-electron chi connectivity index (χ1n) is 7.44. The van der Waals surface area contributed by atoms with Crippen molar-refractivity contribution >= 4 is 6.41 Å². The van der Waals surface area contributed by atoms with E-state index in [2.05, 4.69) is 31.2 Å². The van der Waals surface area contributed by atoms with Gasteiger partial charge in [-0.05, 0) is 55.9 Å². The first-order valence-corrected chi connectivity index (χ1v) is 7.44. The fourth-order valence-corrected chi connectivity index (χ4v) is 3.88. The van der Waals surface area contributed by atoms with Gasteiger partial charge in [0, 0.05) is 13.1 Å². The molecule has 102 valence electrons. The number of carbonyl (C=O) groups excluding carboxylic acids is 1. The quantitative estimate of drug-likeness (QED) is 0.762. The summed E-state index contributed by atoms with van der Waals surface area (Å²) in [6.45, 7) is 4.09. The zero-order valence-corrected chi connectivity index (χ0v) is 11.8. The highest BCUT2D eigenvalue weighted by atomic mass is 16.1. The van der Waals surface area contributed by atoms with Crippen molar-refractivity contribution in [1.29, 1.82) is 0 Å². The Morgan fingerprint density at radius 2 is 1.84 bits per heavy atom. The van der Waals surface area contributed by atoms with Crippen molar-refractivity contribution in [1.82, 2.24) is 4.90 Å². The van der Waals surface area contributed by atoms with Gasteiger partial charge in [-0.15, -0.1) is 0 Å². The van der Waals surface area contributed by atoms with Crippen LogP contribution in [0.1, 0.15) is 36.8 Å². The van der Waals surface area contributed by atoms with Gasteiger partial charge in [-0.2, -0.15) is 0 Å². The van der Waals surface area contributed by atoms with Gasteiger partial charge in [0.15, 0.2) is 0 Å². The van der Waals surface area contributed by atoms with Crippen molar-refractivity contribution < 1.29 is 4.79 Å². The summed E-state index contributed by atoms with van der Waals surface area (Å²) < 4.78 is 0. The zero-order valence-electron chi connectivity index (χ0n) is 11.8. The van der Waals surface area contributed by atoms with E-state index < -0.39 is 0 Å². The Bertz CT molecular complexity index is 435. The first-order chi connectivity index (χ1) is 9.19. The molecule has 1 saturated heterocycles. The molecule has 0 atom stereocenters. The van der Waals surface area contributed by atoms with Crippen LogP contribution < -0.4 is 0 Å². The minimum atomic E-state index is 0.578. The van der Waals surface area contributed by atoms with Gasteiger partial charge in [0.05, 0.1) is 0 Å². The molecule has 0 radical (unpaired) electrons. The predicted molar refractivity (Wildman–Crippen MR) is 76.9 cm³/mol. The fraction of sp³-hybridized carbons (Fsp3) is 0.588. The summed E-state index contributed by atoms with van der Waals surface area (Å²) in [7, 11) is 0. The van der Waals surface area contributed by atoms with Crippen molar-refractivity contribution in [3.63, 3.8) is 0 Å². The van der Waals surface area contributed by atoms with Crippen LogP contribution in [0.4, 0.5) is 0 Å². The molecule has 2 fully saturated rings. The second-order valence-corrected chi connectivity index (χ2v) is 6.61. The Kier molecular flexibility index (Phi) is 3.34. The Hall–Kier alpha value is -1.31. The van der Waals surface area contributed by atoms with Crippen molar-refractivity contribution in [2.45, 2.75) is 39.0 Å². The zero-order chi connectivity index (χ0) is 13.3. The Labute approximate surface area is 115 Å². The lowest BCUT2D eigenvalue weighted by Gasteiger charge is -2.52. The highest BCUT2D eigenvalue weighted by Crippen LogP contribution is 2.53. The molecule has 2 heteroatoms. The molecule has 0 bridgehead atoms. The smallest absolute Gasteiger partial charge is 0.209 e. The van der Waals surface area contributed by atoms with Crippen LogP contribution >= 0.6 is 0 Å². The van der Waals surface area contributed by atoms with Gasteiger partial charge in [-0.25, -0.2) is 0 Å². The number of nitrogens with zero attached hydrogens (tertiary/aromatic N) is 1. The van der Waals surface area contributed by atoms with Crippen LogP contribution in [0.3, 0.4) is 0 Å². The van der Waals surface area contributed by atoms with Crippen molar-refractivity contribution in [2.75, 3.05) is 13.1 Å². The van der Waals surface area contributed by atoms with E-state index in [0.29, 0.717) is 5.41 Å². The predicted octanol–water partition coefficient (Wildman–Crippen LogP) is 3.19. The number of piperidine rings is 1. The molecule has 0 aromatic heterocycles. The van der Waals surface area contributed by atoms with E-state index in [9.17, 15) is 4.79 Å². The number of amides is 1. The number of hydrogen-bond donors (Lipinski definition) is 0. The van der Waals surface area contributed by atoms with Crippen molar-refractivity contribution in [3.8, 4) is 0 Å². The summed E-state index contributed by atoms with van der Waals surface area (Å²) in [6.07, 6.45) is 7.42. The lowest BCUT2D eigenvalue weighted by molar-refractivity contribution is -0.122. The van der Waals surface area contributed by atoms with Gasteiger partial charge >= 0.3 is 0 Å². The van der Waals surface area contributed by atoms with E-state index in [0.717, 1.165) is 25.4 Å². The molecule has 0 N–H and O–H groups in total. The molecule has 1 spiro atoms. The number of benzene rings is 1. The van der Waals surface area contributed by atoms with E-state index in [1.165, 1.54) is 43.2 Å². The van der Waals surface area contributed by atoms with E-state index in [4.69, 9.17) is 0 Å². The van der Waals surface area contributed by atoms with Crippen LogP contribution in [0, 0.1) is 18.3 Å². The van der Waals surface area contributed by atoms with Gasteiger partial charge in [-0.3, -0.25) is 4.79 Å². The van der Waals surface area contributed by atoms with Crippen LogP contribution in [0.25, 0.3) is 0 Å². The summed E-state index contributed by atoms with van der Waals surface area (Å²) in [5.41, 5.74) is 3.40. The highest BCUT2D eigenvalue weighted by Gasteiger charge is 2.45. The molecule has 19 heavy (non-hydrogen) atoms. The number of carbonyl (C=O) groups is 1. The SMILES string of the molecule is Cc1ccc(CC2CC3(CCN(C=O)CC3)C2)cc1. The third kappa shape index (κ3) is 2.68. The minimum Gasteiger partial charge on any atom is -0.345 e. The van der Waals surface area contributed by atoms with E-state index >= 15 is 0 Å². The molecule has 1 aromatic rings. The largest absolute Gasteiger partial charge is 0.345 e. The van der Waals surface area contributed by atoms with Crippen LogP contribution in [-0.4, -0.2) is 24.4 Å². The Morgan fingerprint density at radius 1 is 1.21 bits per heavy atom. The third-order valence-electron chi connectivity index (χ3n) is 5.10. The Balaban J connectivity index is 1.50. The van der Waals surface area contributed by atoms with Gasteiger partial charge < -0.3 is 4.90 Å². The molecule has 3 rings (SSSR count). The maximum atomic E-state index is 10.7. The topological polar surface area (TPSA) is 20.3 Å². The molecular weight excluding hydrogens is 234 g/mol. The summed E-state index contributed by atoms with van der Waals surface area (Å²) >= 11 is 0. The molecule has 2 nitrogen and oxygen atoms in total. The van der Waals surface area contributed by atoms with Gasteiger partial charge in [0.1, 0.15) is 0 Å². The van der Waals surface area contributed by atoms with Gasteiger partial charge in [0.25, 0.3) is 0 Å². The molecule has 1 aliphatic heterocycles. The number of likely N-dealkylation sites (tertiary alicyclic amines) is 1. The Morgan fingerprint density at radius 3 is 2.42 bits per heavy atom. The average molecular weight is 257 g/mol. The van der Waals surface area contributed by atoms with E-state index in [1.54, 1.807) is 0 Å².